The normalized spacial score (nSPS) is 9.87. The van der Waals surface area contributed by atoms with Crippen molar-refractivity contribution in [1.82, 2.24) is 0 Å². The van der Waals surface area contributed by atoms with Gasteiger partial charge in [0.05, 0.1) is 18.7 Å². The number of nitrogens with zero attached hydrogens (tertiary/aromatic N) is 1. The monoisotopic (exact) mass is 203 g/mol. The van der Waals surface area contributed by atoms with E-state index in [9.17, 15) is 4.79 Å². The van der Waals surface area contributed by atoms with E-state index in [1.807, 2.05) is 6.07 Å². The van der Waals surface area contributed by atoms with E-state index in [-0.39, 0.29) is 0 Å². The minimum Gasteiger partial charge on any atom is -0.497 e. The molecule has 0 atom stereocenters. The van der Waals surface area contributed by atoms with Gasteiger partial charge < -0.3 is 9.84 Å². The number of ether oxygens (including phenoxy) is 1. The molecule has 0 aromatic heterocycles. The second-order valence-electron chi connectivity index (χ2n) is 2.74. The Morgan fingerprint density at radius 3 is 2.87 bits per heavy atom. The summed E-state index contributed by atoms with van der Waals surface area (Å²) in [5.41, 5.74) is 0.938. The van der Waals surface area contributed by atoms with E-state index in [1.54, 1.807) is 18.2 Å². The number of methoxy groups -OCH3 is 1. The summed E-state index contributed by atoms with van der Waals surface area (Å²) in [4.78, 5) is 10.3. The second-order valence-corrected chi connectivity index (χ2v) is 2.74. The van der Waals surface area contributed by atoms with Gasteiger partial charge in [-0.05, 0) is 29.8 Å². The van der Waals surface area contributed by atoms with Crippen LogP contribution in [0, 0.1) is 11.3 Å². The maximum Gasteiger partial charge on any atom is 0.328 e. The lowest BCUT2D eigenvalue weighted by atomic mass is 10.1. The molecule has 0 spiro atoms. The van der Waals surface area contributed by atoms with Gasteiger partial charge in [0.1, 0.15) is 5.75 Å². The number of rotatable bonds is 3. The Kier molecular flexibility index (Phi) is 3.47. The van der Waals surface area contributed by atoms with Crippen LogP contribution in [0.3, 0.4) is 0 Å². The summed E-state index contributed by atoms with van der Waals surface area (Å²) in [5, 5.41) is 17.3. The molecule has 1 aromatic rings. The van der Waals surface area contributed by atoms with Gasteiger partial charge in [-0.3, -0.25) is 0 Å². The molecule has 0 aliphatic heterocycles. The molecule has 0 aliphatic carbocycles. The summed E-state index contributed by atoms with van der Waals surface area (Å²) < 4.78 is 4.95. The molecule has 0 radical (unpaired) electrons. The predicted octanol–water partition coefficient (Wildman–Crippen LogP) is 1.66. The number of benzene rings is 1. The fourth-order valence-corrected chi connectivity index (χ4v) is 1.07. The van der Waals surface area contributed by atoms with Gasteiger partial charge in [0.15, 0.2) is 0 Å². The van der Waals surface area contributed by atoms with Crippen molar-refractivity contribution in [2.24, 2.45) is 0 Å². The first-order valence-corrected chi connectivity index (χ1v) is 4.16. The molecule has 0 fully saturated rings. The summed E-state index contributed by atoms with van der Waals surface area (Å²) >= 11 is 0. The smallest absolute Gasteiger partial charge is 0.328 e. The van der Waals surface area contributed by atoms with E-state index in [0.717, 1.165) is 6.08 Å². The number of aliphatic carboxylic acids is 1. The average molecular weight is 203 g/mol. The SMILES string of the molecule is COc1ccc(C=CC(=O)O)c(C#N)c1. The van der Waals surface area contributed by atoms with Crippen molar-refractivity contribution in [3.8, 4) is 11.8 Å². The Labute approximate surface area is 87.0 Å². The lowest BCUT2D eigenvalue weighted by Crippen LogP contribution is -1.89. The molecule has 0 heterocycles. The van der Waals surface area contributed by atoms with Gasteiger partial charge >= 0.3 is 5.97 Å². The molecule has 4 heteroatoms. The average Bonchev–Trinajstić information content (AvgIpc) is 2.25. The third-order valence-corrected chi connectivity index (χ3v) is 1.79. The second kappa shape index (κ2) is 4.82. The maximum atomic E-state index is 10.3. The Bertz CT molecular complexity index is 444. The molecule has 1 aromatic carbocycles. The number of hydrogen-bond acceptors (Lipinski definition) is 3. The van der Waals surface area contributed by atoms with Crippen molar-refractivity contribution < 1.29 is 14.6 Å². The van der Waals surface area contributed by atoms with E-state index in [4.69, 9.17) is 15.1 Å². The molecule has 1 rings (SSSR count). The van der Waals surface area contributed by atoms with E-state index in [1.165, 1.54) is 13.2 Å². The van der Waals surface area contributed by atoms with Crippen molar-refractivity contribution in [3.05, 3.63) is 35.4 Å². The van der Waals surface area contributed by atoms with E-state index >= 15 is 0 Å². The molecule has 0 bridgehead atoms. The lowest BCUT2D eigenvalue weighted by Gasteiger charge is -2.01. The van der Waals surface area contributed by atoms with Gasteiger partial charge in [-0.2, -0.15) is 5.26 Å². The standard InChI is InChI=1S/C11H9NO3/c1-15-10-4-2-8(3-5-11(13)14)9(6-10)7-12/h2-6H,1H3,(H,13,14). The maximum absolute atomic E-state index is 10.3. The minimum atomic E-state index is -1.05. The van der Waals surface area contributed by atoms with Crippen molar-refractivity contribution in [2.75, 3.05) is 7.11 Å². The first-order valence-electron chi connectivity index (χ1n) is 4.16. The lowest BCUT2D eigenvalue weighted by molar-refractivity contribution is -0.131. The van der Waals surface area contributed by atoms with Crippen LogP contribution in [0.25, 0.3) is 6.08 Å². The first kappa shape index (κ1) is 10.8. The zero-order valence-corrected chi connectivity index (χ0v) is 8.10. The van der Waals surface area contributed by atoms with Crippen LogP contribution < -0.4 is 4.74 Å². The summed E-state index contributed by atoms with van der Waals surface area (Å²) in [6, 6.07) is 6.83. The fourth-order valence-electron chi connectivity index (χ4n) is 1.07. The third kappa shape index (κ3) is 2.85. The molecule has 4 nitrogen and oxygen atoms in total. The molecule has 0 amide bonds. The molecule has 0 saturated carbocycles. The Hall–Kier alpha value is -2.28. The van der Waals surface area contributed by atoms with Gasteiger partial charge in [-0.1, -0.05) is 0 Å². The highest BCUT2D eigenvalue weighted by molar-refractivity contribution is 5.85. The van der Waals surface area contributed by atoms with E-state index in [2.05, 4.69) is 0 Å². The number of carbonyl (C=O) groups is 1. The summed E-state index contributed by atoms with van der Waals surface area (Å²) in [5.74, 6) is -0.478. The Balaban J connectivity index is 3.09. The number of carboxylic acids is 1. The van der Waals surface area contributed by atoms with Crippen LogP contribution in [0.2, 0.25) is 0 Å². The number of nitriles is 1. The van der Waals surface area contributed by atoms with Gasteiger partial charge in [0.25, 0.3) is 0 Å². The van der Waals surface area contributed by atoms with Crippen molar-refractivity contribution in [1.29, 1.82) is 5.26 Å². The van der Waals surface area contributed by atoms with Gasteiger partial charge in [0.2, 0.25) is 0 Å². The summed E-state index contributed by atoms with van der Waals surface area (Å²) in [6.45, 7) is 0. The van der Waals surface area contributed by atoms with Crippen LogP contribution in [-0.2, 0) is 4.79 Å². The number of hydrogen-bond donors (Lipinski definition) is 1. The summed E-state index contributed by atoms with van der Waals surface area (Å²) in [7, 11) is 1.50. The zero-order valence-electron chi connectivity index (χ0n) is 8.10. The highest BCUT2D eigenvalue weighted by atomic mass is 16.5. The van der Waals surface area contributed by atoms with Crippen LogP contribution >= 0.6 is 0 Å². The molecular weight excluding hydrogens is 194 g/mol. The van der Waals surface area contributed by atoms with Crippen molar-refractivity contribution in [3.63, 3.8) is 0 Å². The van der Waals surface area contributed by atoms with Crippen molar-refractivity contribution in [2.45, 2.75) is 0 Å². The number of carboxylic acid groups (broad SMARTS) is 1. The molecular formula is C11H9NO3. The largest absolute Gasteiger partial charge is 0.497 e. The van der Waals surface area contributed by atoms with Gasteiger partial charge in [0, 0.05) is 6.08 Å². The first-order chi connectivity index (χ1) is 7.17. The third-order valence-electron chi connectivity index (χ3n) is 1.79. The van der Waals surface area contributed by atoms with Gasteiger partial charge in [-0.25, -0.2) is 4.79 Å². The Morgan fingerprint density at radius 1 is 1.60 bits per heavy atom. The van der Waals surface area contributed by atoms with Crippen LogP contribution in [-0.4, -0.2) is 18.2 Å². The topological polar surface area (TPSA) is 70.3 Å². The minimum absolute atomic E-state index is 0.381. The van der Waals surface area contributed by atoms with Crippen LogP contribution in [0.1, 0.15) is 11.1 Å². The van der Waals surface area contributed by atoms with E-state index in [0.29, 0.717) is 16.9 Å². The molecule has 76 valence electrons. The summed E-state index contributed by atoms with van der Waals surface area (Å²) in [6.07, 6.45) is 2.36. The van der Waals surface area contributed by atoms with Crippen LogP contribution in [0.5, 0.6) is 5.75 Å². The fraction of sp³-hybridized carbons (Fsp3) is 0.0909. The molecule has 0 unspecified atom stereocenters. The van der Waals surface area contributed by atoms with Crippen molar-refractivity contribution >= 4 is 12.0 Å². The highest BCUT2D eigenvalue weighted by Crippen LogP contribution is 2.17. The quantitative estimate of drug-likeness (QED) is 0.758. The Morgan fingerprint density at radius 2 is 2.33 bits per heavy atom. The molecule has 15 heavy (non-hydrogen) atoms. The molecule has 1 N–H and O–H groups in total. The van der Waals surface area contributed by atoms with Crippen LogP contribution in [0.15, 0.2) is 24.3 Å². The zero-order chi connectivity index (χ0) is 11.3. The van der Waals surface area contributed by atoms with Crippen LogP contribution in [0.4, 0.5) is 0 Å². The van der Waals surface area contributed by atoms with E-state index < -0.39 is 5.97 Å². The highest BCUT2D eigenvalue weighted by Gasteiger charge is 2.01. The van der Waals surface area contributed by atoms with Gasteiger partial charge in [-0.15, -0.1) is 0 Å². The molecule has 0 saturated heterocycles. The molecule has 0 aliphatic rings. The predicted molar refractivity (Wildman–Crippen MR) is 54.4 cm³/mol.